The average molecular weight is 368 g/mol. The summed E-state index contributed by atoms with van der Waals surface area (Å²) in [6.07, 6.45) is 5.29. The Kier molecular flexibility index (Phi) is 8.15. The second kappa shape index (κ2) is 10.1. The van der Waals surface area contributed by atoms with Gasteiger partial charge in [0, 0.05) is 40.3 Å². The number of hydrogen-bond donors (Lipinski definition) is 2. The zero-order chi connectivity index (χ0) is 19.0. The third-order valence-corrected chi connectivity index (χ3v) is 5.22. The molecule has 2 aliphatic heterocycles. The minimum atomic E-state index is -0.113. The van der Waals surface area contributed by atoms with Crippen molar-refractivity contribution in [2.75, 3.05) is 53.4 Å². The molecule has 2 saturated heterocycles. The zero-order valence-electron chi connectivity index (χ0n) is 17.0. The minimum Gasteiger partial charge on any atom is -0.373 e. The van der Waals surface area contributed by atoms with E-state index in [1.54, 1.807) is 4.90 Å². The molecule has 150 valence electrons. The fourth-order valence-corrected chi connectivity index (χ4v) is 3.71. The lowest BCUT2D eigenvalue weighted by molar-refractivity contribution is -0.133. The monoisotopic (exact) mass is 367 g/mol. The lowest BCUT2D eigenvalue weighted by Gasteiger charge is -2.26. The van der Waals surface area contributed by atoms with Gasteiger partial charge in [0.15, 0.2) is 5.96 Å². The number of aliphatic imine (C=N–C) groups is 1. The first kappa shape index (κ1) is 21.0. The van der Waals surface area contributed by atoms with Crippen LogP contribution in [0.25, 0.3) is 0 Å². The van der Waals surface area contributed by atoms with Gasteiger partial charge in [0.2, 0.25) is 5.91 Å². The van der Waals surface area contributed by atoms with E-state index in [9.17, 15) is 4.79 Å². The number of hydrogen-bond acceptors (Lipinski definition) is 4. The first-order valence-electron chi connectivity index (χ1n) is 10.1. The van der Waals surface area contributed by atoms with Crippen molar-refractivity contribution in [3.8, 4) is 0 Å². The summed E-state index contributed by atoms with van der Waals surface area (Å²) in [5.74, 6) is 1.08. The fourth-order valence-electron chi connectivity index (χ4n) is 3.71. The quantitative estimate of drug-likeness (QED) is 0.381. The number of likely N-dealkylation sites (tertiary alicyclic amines) is 1. The average Bonchev–Trinajstić information content (AvgIpc) is 3.25. The standard InChI is InChI=1S/C19H37N5O2/c1-5-20-18(22-15-19(2)10-7-14-26-19)21-11-8-13-24-12-6-9-16(24)17(25)23(3)4/h16H,5-15H2,1-4H3,(H2,20,21,22). The number of carbonyl (C=O) groups is 1. The molecule has 2 heterocycles. The Morgan fingerprint density at radius 1 is 1.35 bits per heavy atom. The van der Waals surface area contributed by atoms with Gasteiger partial charge in [-0.2, -0.15) is 0 Å². The van der Waals surface area contributed by atoms with Crippen molar-refractivity contribution < 1.29 is 9.53 Å². The Morgan fingerprint density at radius 2 is 2.15 bits per heavy atom. The largest absolute Gasteiger partial charge is 0.373 e. The molecule has 2 aliphatic rings. The van der Waals surface area contributed by atoms with Gasteiger partial charge in [-0.3, -0.25) is 14.7 Å². The summed E-state index contributed by atoms with van der Waals surface area (Å²) in [4.78, 5) is 21.0. The third-order valence-electron chi connectivity index (χ3n) is 5.22. The molecular formula is C19H37N5O2. The summed E-state index contributed by atoms with van der Waals surface area (Å²) in [7, 11) is 3.68. The van der Waals surface area contributed by atoms with Crippen LogP contribution >= 0.6 is 0 Å². The summed E-state index contributed by atoms with van der Waals surface area (Å²) in [5.41, 5.74) is -0.113. The molecule has 0 radical (unpaired) electrons. The van der Waals surface area contributed by atoms with Crippen molar-refractivity contribution in [2.24, 2.45) is 4.99 Å². The second-order valence-corrected chi connectivity index (χ2v) is 7.80. The van der Waals surface area contributed by atoms with E-state index in [2.05, 4.69) is 29.4 Å². The number of likely N-dealkylation sites (N-methyl/N-ethyl adjacent to an activating group) is 1. The van der Waals surface area contributed by atoms with Crippen molar-refractivity contribution in [3.05, 3.63) is 0 Å². The van der Waals surface area contributed by atoms with Crippen molar-refractivity contribution in [1.82, 2.24) is 20.4 Å². The van der Waals surface area contributed by atoms with Crippen LogP contribution in [0.1, 0.15) is 46.0 Å². The molecule has 2 fully saturated rings. The Labute approximate surface area is 158 Å². The number of amides is 1. The lowest BCUT2D eigenvalue weighted by Crippen LogP contribution is -2.44. The summed E-state index contributed by atoms with van der Waals surface area (Å²) in [6.45, 7) is 9.41. The number of ether oxygens (including phenoxy) is 1. The first-order valence-corrected chi connectivity index (χ1v) is 10.1. The number of rotatable bonds is 8. The molecule has 0 bridgehead atoms. The van der Waals surface area contributed by atoms with E-state index in [1.165, 1.54) is 0 Å². The minimum absolute atomic E-state index is 0.0615. The van der Waals surface area contributed by atoms with Crippen molar-refractivity contribution >= 4 is 11.9 Å². The van der Waals surface area contributed by atoms with Gasteiger partial charge in [-0.1, -0.05) is 0 Å². The highest BCUT2D eigenvalue weighted by Gasteiger charge is 2.31. The molecule has 2 N–H and O–H groups in total. The number of nitrogens with one attached hydrogen (secondary N) is 2. The number of guanidine groups is 1. The van der Waals surface area contributed by atoms with Crippen LogP contribution in [0.2, 0.25) is 0 Å². The van der Waals surface area contributed by atoms with Crippen LogP contribution in [0.3, 0.4) is 0 Å². The summed E-state index contributed by atoms with van der Waals surface area (Å²) in [6, 6.07) is 0.0615. The van der Waals surface area contributed by atoms with Crippen LogP contribution in [0, 0.1) is 0 Å². The Hall–Kier alpha value is -1.34. The van der Waals surface area contributed by atoms with Gasteiger partial charge >= 0.3 is 0 Å². The maximum atomic E-state index is 12.3. The molecular weight excluding hydrogens is 330 g/mol. The van der Waals surface area contributed by atoms with Crippen molar-refractivity contribution in [3.63, 3.8) is 0 Å². The lowest BCUT2D eigenvalue weighted by atomic mass is 10.0. The van der Waals surface area contributed by atoms with Gasteiger partial charge in [-0.05, 0) is 52.5 Å². The van der Waals surface area contributed by atoms with E-state index >= 15 is 0 Å². The third kappa shape index (κ3) is 6.13. The second-order valence-electron chi connectivity index (χ2n) is 7.80. The molecule has 0 saturated carbocycles. The molecule has 2 rings (SSSR count). The van der Waals surface area contributed by atoms with Gasteiger partial charge in [0.05, 0.1) is 18.2 Å². The molecule has 26 heavy (non-hydrogen) atoms. The predicted octanol–water partition coefficient (Wildman–Crippen LogP) is 1.05. The van der Waals surface area contributed by atoms with E-state index in [4.69, 9.17) is 9.73 Å². The predicted molar refractivity (Wildman–Crippen MR) is 105 cm³/mol. The number of nitrogens with zero attached hydrogens (tertiary/aromatic N) is 3. The van der Waals surface area contributed by atoms with Crippen LogP contribution in [0.5, 0.6) is 0 Å². The normalized spacial score (nSPS) is 26.9. The molecule has 2 atom stereocenters. The molecule has 0 aromatic carbocycles. The van der Waals surface area contributed by atoms with Crippen LogP contribution in [0.4, 0.5) is 0 Å². The van der Waals surface area contributed by atoms with Crippen LogP contribution in [0.15, 0.2) is 4.99 Å². The SMILES string of the molecule is CCNC(=NCC1(C)CCCO1)NCCCN1CCCC1C(=O)N(C)C. The summed E-state index contributed by atoms with van der Waals surface area (Å²) in [5, 5.41) is 6.72. The van der Waals surface area contributed by atoms with Gasteiger partial charge in [-0.25, -0.2) is 0 Å². The smallest absolute Gasteiger partial charge is 0.239 e. The highest BCUT2D eigenvalue weighted by Crippen LogP contribution is 2.25. The topological polar surface area (TPSA) is 69.2 Å². The molecule has 0 aromatic rings. The maximum Gasteiger partial charge on any atom is 0.239 e. The van der Waals surface area contributed by atoms with E-state index < -0.39 is 0 Å². The number of carbonyl (C=O) groups excluding carboxylic acids is 1. The van der Waals surface area contributed by atoms with Gasteiger partial charge in [-0.15, -0.1) is 0 Å². The Balaban J connectivity index is 1.74. The van der Waals surface area contributed by atoms with E-state index in [1.807, 2.05) is 14.1 Å². The van der Waals surface area contributed by atoms with Crippen molar-refractivity contribution in [2.45, 2.75) is 57.6 Å². The van der Waals surface area contributed by atoms with E-state index in [0.29, 0.717) is 6.54 Å². The first-order chi connectivity index (χ1) is 12.4. The molecule has 2 unspecified atom stereocenters. The molecule has 7 nitrogen and oxygen atoms in total. The molecule has 7 heteroatoms. The summed E-state index contributed by atoms with van der Waals surface area (Å²) < 4.78 is 5.81. The highest BCUT2D eigenvalue weighted by molar-refractivity contribution is 5.81. The zero-order valence-corrected chi connectivity index (χ0v) is 17.0. The van der Waals surface area contributed by atoms with Gasteiger partial charge < -0.3 is 20.3 Å². The van der Waals surface area contributed by atoms with E-state index in [-0.39, 0.29) is 17.6 Å². The molecule has 1 amide bonds. The van der Waals surface area contributed by atoms with Gasteiger partial charge in [0.1, 0.15) is 0 Å². The Morgan fingerprint density at radius 3 is 2.81 bits per heavy atom. The van der Waals surface area contributed by atoms with Crippen LogP contribution in [-0.2, 0) is 9.53 Å². The van der Waals surface area contributed by atoms with Crippen LogP contribution in [-0.4, -0.2) is 86.7 Å². The maximum absolute atomic E-state index is 12.3. The summed E-state index contributed by atoms with van der Waals surface area (Å²) >= 11 is 0. The molecule has 0 spiro atoms. The fraction of sp³-hybridized carbons (Fsp3) is 0.895. The highest BCUT2D eigenvalue weighted by atomic mass is 16.5. The molecule has 0 aliphatic carbocycles. The van der Waals surface area contributed by atoms with Crippen LogP contribution < -0.4 is 10.6 Å². The van der Waals surface area contributed by atoms with Gasteiger partial charge in [0.25, 0.3) is 0 Å². The van der Waals surface area contributed by atoms with Crippen molar-refractivity contribution in [1.29, 1.82) is 0 Å². The Bertz CT molecular complexity index is 475. The molecule has 0 aromatic heterocycles. The van der Waals surface area contributed by atoms with E-state index in [0.717, 1.165) is 70.8 Å².